The minimum absolute atomic E-state index is 0. The number of carbonyl (C=O) groups is 1. The largest absolute Gasteiger partial charge is 1.00 e. The molecule has 0 spiro atoms. The van der Waals surface area contributed by atoms with Crippen molar-refractivity contribution in [2.75, 3.05) is 0 Å². The fraction of sp³-hybridized carbons (Fsp3) is 0.125. The SMILES string of the molecule is CC(=O)NS(=O)(=O)c1ccc([NH-])cc1.[Ag+]. The number of nitrogens with one attached hydrogen (secondary N) is 2. The average Bonchev–Trinajstić information content (AvgIpc) is 2.02. The smallest absolute Gasteiger partial charge is 0.699 e. The van der Waals surface area contributed by atoms with Gasteiger partial charge in [0.15, 0.2) is 0 Å². The number of hydrogen-bond acceptors (Lipinski definition) is 3. The summed E-state index contributed by atoms with van der Waals surface area (Å²) in [6.45, 7) is 1.12. The third-order valence-electron chi connectivity index (χ3n) is 1.44. The van der Waals surface area contributed by atoms with Gasteiger partial charge in [-0.05, 0) is 12.1 Å². The molecule has 1 aromatic carbocycles. The Balaban J connectivity index is 0.00000196. The van der Waals surface area contributed by atoms with Crippen LogP contribution in [0.2, 0.25) is 0 Å². The van der Waals surface area contributed by atoms with Crippen molar-refractivity contribution in [1.82, 2.24) is 4.72 Å². The first-order chi connectivity index (χ1) is 6.42. The topological polar surface area (TPSA) is 87.0 Å². The first-order valence-corrected chi connectivity index (χ1v) is 5.25. The summed E-state index contributed by atoms with van der Waals surface area (Å²) in [6.07, 6.45) is 0. The number of carbonyl (C=O) groups excluding carboxylic acids is 1. The van der Waals surface area contributed by atoms with Crippen molar-refractivity contribution in [3.05, 3.63) is 30.0 Å². The predicted octanol–water partition coefficient (Wildman–Crippen LogP) is 1.19. The molecule has 0 aliphatic carbocycles. The van der Waals surface area contributed by atoms with E-state index in [9.17, 15) is 13.2 Å². The van der Waals surface area contributed by atoms with Gasteiger partial charge in [-0.1, -0.05) is 12.1 Å². The first-order valence-electron chi connectivity index (χ1n) is 3.77. The van der Waals surface area contributed by atoms with E-state index in [1.807, 2.05) is 4.72 Å². The monoisotopic (exact) mass is 320 g/mol. The molecular weight excluding hydrogens is 312 g/mol. The van der Waals surface area contributed by atoms with Gasteiger partial charge in [-0.25, -0.2) is 13.1 Å². The fourth-order valence-electron chi connectivity index (χ4n) is 0.882. The van der Waals surface area contributed by atoms with E-state index in [0.29, 0.717) is 0 Å². The second-order valence-electron chi connectivity index (χ2n) is 2.69. The van der Waals surface area contributed by atoms with Gasteiger partial charge >= 0.3 is 22.4 Å². The van der Waals surface area contributed by atoms with E-state index in [-0.39, 0.29) is 33.0 Å². The summed E-state index contributed by atoms with van der Waals surface area (Å²) in [6, 6.07) is 5.23. The zero-order valence-electron chi connectivity index (χ0n) is 7.74. The summed E-state index contributed by atoms with van der Waals surface area (Å²) in [5.74, 6) is -0.639. The van der Waals surface area contributed by atoms with Gasteiger partial charge in [0, 0.05) is 6.92 Å². The van der Waals surface area contributed by atoms with Gasteiger partial charge in [-0.3, -0.25) is 4.79 Å². The third-order valence-corrected chi connectivity index (χ3v) is 2.89. The van der Waals surface area contributed by atoms with E-state index in [2.05, 4.69) is 0 Å². The number of rotatable bonds is 2. The molecule has 0 saturated heterocycles. The van der Waals surface area contributed by atoms with Crippen LogP contribution < -0.4 is 4.72 Å². The van der Waals surface area contributed by atoms with Gasteiger partial charge in [-0.2, -0.15) is 0 Å². The van der Waals surface area contributed by atoms with Crippen molar-refractivity contribution in [3.63, 3.8) is 0 Å². The van der Waals surface area contributed by atoms with Crippen LogP contribution in [0.5, 0.6) is 0 Å². The van der Waals surface area contributed by atoms with Gasteiger partial charge < -0.3 is 5.73 Å². The van der Waals surface area contributed by atoms with Crippen LogP contribution in [0, 0.1) is 0 Å². The van der Waals surface area contributed by atoms with Crippen molar-refractivity contribution in [1.29, 1.82) is 0 Å². The van der Waals surface area contributed by atoms with Gasteiger partial charge in [0.1, 0.15) is 0 Å². The Kier molecular flexibility index (Phi) is 5.02. The van der Waals surface area contributed by atoms with Crippen molar-refractivity contribution < 1.29 is 35.6 Å². The molecule has 1 amide bonds. The van der Waals surface area contributed by atoms with E-state index >= 15 is 0 Å². The molecule has 0 unspecified atom stereocenters. The van der Waals surface area contributed by atoms with Crippen LogP contribution in [0.15, 0.2) is 29.2 Å². The Hall–Kier alpha value is -0.820. The summed E-state index contributed by atoms with van der Waals surface area (Å²) >= 11 is 0. The average molecular weight is 321 g/mol. The molecule has 86 valence electrons. The number of sulfonamides is 1. The van der Waals surface area contributed by atoms with Crippen LogP contribution in [-0.2, 0) is 37.2 Å². The van der Waals surface area contributed by atoms with E-state index in [4.69, 9.17) is 5.73 Å². The Morgan fingerprint density at radius 1 is 1.27 bits per heavy atom. The van der Waals surface area contributed by atoms with Crippen molar-refractivity contribution in [2.24, 2.45) is 0 Å². The Morgan fingerprint density at radius 2 is 1.73 bits per heavy atom. The maximum absolute atomic E-state index is 11.4. The third kappa shape index (κ3) is 4.05. The molecule has 2 N–H and O–H groups in total. The summed E-state index contributed by atoms with van der Waals surface area (Å²) < 4.78 is 24.5. The summed E-state index contributed by atoms with van der Waals surface area (Å²) in [5, 5.41) is 0. The summed E-state index contributed by atoms with van der Waals surface area (Å²) in [7, 11) is -3.76. The molecule has 1 rings (SSSR count). The fourth-order valence-corrected chi connectivity index (χ4v) is 1.87. The predicted molar refractivity (Wildman–Crippen MR) is 51.4 cm³/mol. The number of amides is 1. The van der Waals surface area contributed by atoms with Gasteiger partial charge in [0.25, 0.3) is 10.0 Å². The van der Waals surface area contributed by atoms with Crippen LogP contribution in [0.3, 0.4) is 0 Å². The Labute approximate surface area is 104 Å². The molecular formula is C8H9AgN2O3S. The minimum atomic E-state index is -3.76. The van der Waals surface area contributed by atoms with Crippen molar-refractivity contribution >= 4 is 21.6 Å². The Bertz CT molecular complexity index is 441. The van der Waals surface area contributed by atoms with Crippen molar-refractivity contribution in [2.45, 2.75) is 11.8 Å². The molecule has 0 aliphatic heterocycles. The number of hydrogen-bond donors (Lipinski definition) is 1. The maximum atomic E-state index is 11.4. The molecule has 0 heterocycles. The molecule has 5 nitrogen and oxygen atoms in total. The van der Waals surface area contributed by atoms with Crippen LogP contribution in [0.4, 0.5) is 5.69 Å². The number of benzene rings is 1. The molecule has 0 aromatic heterocycles. The summed E-state index contributed by atoms with van der Waals surface area (Å²) in [4.78, 5) is 10.5. The molecule has 7 heteroatoms. The molecule has 0 aliphatic rings. The summed E-state index contributed by atoms with van der Waals surface area (Å²) in [5.41, 5.74) is 7.37. The van der Waals surface area contributed by atoms with Gasteiger partial charge in [0.05, 0.1) is 4.90 Å². The Morgan fingerprint density at radius 3 is 2.13 bits per heavy atom. The molecule has 0 bridgehead atoms. The second kappa shape index (κ2) is 5.32. The molecule has 0 radical (unpaired) electrons. The van der Waals surface area contributed by atoms with Gasteiger partial charge in [0.2, 0.25) is 5.91 Å². The maximum Gasteiger partial charge on any atom is 1.00 e. The van der Waals surface area contributed by atoms with Crippen LogP contribution >= 0.6 is 0 Å². The molecule has 15 heavy (non-hydrogen) atoms. The normalized spacial score (nSPS) is 10.2. The standard InChI is InChI=1S/C8H9N2O3S.Ag/c1-6(11)10-14(12,13)8-4-2-7(9)3-5-8;/h2-5,9H,1H3,(H,10,11);/q-1;+1. The van der Waals surface area contributed by atoms with Crippen LogP contribution in [0.25, 0.3) is 5.73 Å². The molecule has 0 saturated carbocycles. The molecule has 1 aromatic rings. The second-order valence-corrected chi connectivity index (χ2v) is 4.37. The minimum Gasteiger partial charge on any atom is -0.699 e. The van der Waals surface area contributed by atoms with E-state index in [1.165, 1.54) is 24.3 Å². The van der Waals surface area contributed by atoms with E-state index in [0.717, 1.165) is 6.92 Å². The zero-order chi connectivity index (χ0) is 10.8. The molecule has 0 atom stereocenters. The van der Waals surface area contributed by atoms with Crippen molar-refractivity contribution in [3.8, 4) is 0 Å². The molecule has 0 fully saturated rings. The quantitative estimate of drug-likeness (QED) is 0.830. The van der Waals surface area contributed by atoms with Crippen LogP contribution in [-0.4, -0.2) is 14.3 Å². The van der Waals surface area contributed by atoms with E-state index in [1.54, 1.807) is 0 Å². The first kappa shape index (κ1) is 14.2. The zero-order valence-corrected chi connectivity index (χ0v) is 10.0. The van der Waals surface area contributed by atoms with Crippen LogP contribution in [0.1, 0.15) is 6.92 Å². The van der Waals surface area contributed by atoms with E-state index < -0.39 is 15.9 Å². The van der Waals surface area contributed by atoms with Gasteiger partial charge in [-0.15, -0.1) is 5.69 Å².